The van der Waals surface area contributed by atoms with Crippen molar-refractivity contribution in [3.05, 3.63) is 90.9 Å². The second-order valence-corrected chi connectivity index (χ2v) is 5.53. The second-order valence-electron chi connectivity index (χ2n) is 5.53. The topological polar surface area (TPSA) is 28.7 Å². The number of H-pyrrole nitrogens is 1. The fourth-order valence-corrected chi connectivity index (χ4v) is 2.53. The van der Waals surface area contributed by atoms with Gasteiger partial charge in [0, 0.05) is 11.9 Å². The predicted molar refractivity (Wildman–Crippen MR) is 101 cm³/mol. The molecule has 0 bridgehead atoms. The van der Waals surface area contributed by atoms with E-state index in [4.69, 9.17) is 0 Å². The Balaban J connectivity index is 0.000000229. The molecule has 0 radical (unpaired) electrons. The molecule has 0 saturated heterocycles. The molecule has 3 aromatic rings. The summed E-state index contributed by atoms with van der Waals surface area (Å²) in [5, 5.41) is 0. The molecule has 1 heterocycles. The number of benzene rings is 2. The van der Waals surface area contributed by atoms with E-state index in [1.807, 2.05) is 18.3 Å². The van der Waals surface area contributed by atoms with E-state index in [0.29, 0.717) is 6.71 Å². The summed E-state index contributed by atoms with van der Waals surface area (Å²) in [6.07, 6.45) is 4.57. The van der Waals surface area contributed by atoms with E-state index in [1.165, 1.54) is 22.1 Å². The van der Waals surface area contributed by atoms with Crippen LogP contribution in [0.4, 0.5) is 0 Å². The van der Waals surface area contributed by atoms with Crippen LogP contribution in [-0.4, -0.2) is 16.7 Å². The van der Waals surface area contributed by atoms with Gasteiger partial charge in [-0.05, 0) is 6.42 Å². The van der Waals surface area contributed by atoms with E-state index in [9.17, 15) is 0 Å². The second kappa shape index (κ2) is 8.79. The molecular weight excluding hydrogens is 279 g/mol. The molecule has 3 heteroatoms. The summed E-state index contributed by atoms with van der Waals surface area (Å²) >= 11 is 0. The molecule has 0 unspecified atom stereocenters. The van der Waals surface area contributed by atoms with E-state index < -0.39 is 0 Å². The highest BCUT2D eigenvalue weighted by molar-refractivity contribution is 6.90. The van der Waals surface area contributed by atoms with Crippen molar-refractivity contribution in [3.8, 4) is 0 Å². The van der Waals surface area contributed by atoms with Crippen molar-refractivity contribution in [3.63, 3.8) is 0 Å². The first-order valence-corrected chi connectivity index (χ1v) is 7.95. The quantitative estimate of drug-likeness (QED) is 0.735. The maximum Gasteiger partial charge on any atom is 0.236 e. The van der Waals surface area contributed by atoms with Crippen molar-refractivity contribution in [1.29, 1.82) is 0 Å². The van der Waals surface area contributed by atoms with Gasteiger partial charge < -0.3 is 4.98 Å². The highest BCUT2D eigenvalue weighted by Gasteiger charge is 2.18. The lowest BCUT2D eigenvalue weighted by Gasteiger charge is -2.14. The Morgan fingerprint density at radius 2 is 1.52 bits per heavy atom. The Kier molecular flexibility index (Phi) is 6.43. The highest BCUT2D eigenvalue weighted by Crippen LogP contribution is 2.00. The van der Waals surface area contributed by atoms with Gasteiger partial charge in [0.1, 0.15) is 0 Å². The van der Waals surface area contributed by atoms with Crippen LogP contribution in [0.5, 0.6) is 0 Å². The summed E-state index contributed by atoms with van der Waals surface area (Å²) in [5.41, 5.74) is 4.99. The zero-order valence-corrected chi connectivity index (χ0v) is 13.9. The molecule has 0 aliphatic carbocycles. The van der Waals surface area contributed by atoms with E-state index in [2.05, 4.69) is 78.9 Å². The molecule has 0 spiro atoms. The molecule has 0 atom stereocenters. The normalized spacial score (nSPS) is 9.65. The Labute approximate surface area is 139 Å². The number of aryl methyl sites for hydroxylation is 1. The van der Waals surface area contributed by atoms with Crippen LogP contribution in [0, 0.1) is 0 Å². The number of nitrogens with zero attached hydrogens (tertiary/aromatic N) is 1. The number of rotatable bonds is 4. The third kappa shape index (κ3) is 4.99. The number of nitrogens with one attached hydrogen (secondary N) is 1. The van der Waals surface area contributed by atoms with Crippen LogP contribution in [0.1, 0.15) is 19.5 Å². The maximum atomic E-state index is 4.11. The van der Waals surface area contributed by atoms with E-state index in [-0.39, 0.29) is 0 Å². The zero-order chi connectivity index (χ0) is 16.5. The molecule has 2 nitrogen and oxygen atoms in total. The summed E-state index contributed by atoms with van der Waals surface area (Å²) < 4.78 is 0. The minimum Gasteiger partial charge on any atom is -0.349 e. The van der Waals surface area contributed by atoms with Gasteiger partial charge in [-0.1, -0.05) is 85.4 Å². The number of aromatic amines is 1. The number of hydrogen-bond acceptors (Lipinski definition) is 1. The van der Waals surface area contributed by atoms with Crippen LogP contribution >= 0.6 is 0 Å². The van der Waals surface area contributed by atoms with Gasteiger partial charge in [0.05, 0.1) is 6.33 Å². The molecule has 0 saturated carbocycles. The molecule has 0 aliphatic heterocycles. The van der Waals surface area contributed by atoms with Gasteiger partial charge in [-0.25, -0.2) is 4.98 Å². The summed E-state index contributed by atoms with van der Waals surface area (Å²) in [7, 11) is 0. The molecule has 0 aliphatic rings. The van der Waals surface area contributed by atoms with Gasteiger partial charge in [-0.2, -0.15) is 0 Å². The summed E-state index contributed by atoms with van der Waals surface area (Å²) in [6, 6.07) is 21.0. The van der Waals surface area contributed by atoms with Crippen molar-refractivity contribution in [1.82, 2.24) is 9.97 Å². The highest BCUT2D eigenvalue weighted by atomic mass is 14.8. The van der Waals surface area contributed by atoms with E-state index >= 15 is 0 Å². The minimum atomic E-state index is 0.308. The number of aromatic nitrogens is 2. The SMILES string of the molecule is C=C(C)B(c1ccccc1)c1ccccc1.CCc1cnc[nH]1. The smallest absolute Gasteiger partial charge is 0.236 e. The Morgan fingerprint density at radius 1 is 1.00 bits per heavy atom. The molecule has 0 amide bonds. The van der Waals surface area contributed by atoms with Gasteiger partial charge in [0.25, 0.3) is 0 Å². The first-order chi connectivity index (χ1) is 11.2. The summed E-state index contributed by atoms with van der Waals surface area (Å²) in [6.45, 7) is 8.59. The van der Waals surface area contributed by atoms with Crippen LogP contribution < -0.4 is 10.9 Å². The fraction of sp³-hybridized carbons (Fsp3) is 0.150. The lowest BCUT2D eigenvalue weighted by atomic mass is 9.37. The van der Waals surface area contributed by atoms with Crippen molar-refractivity contribution in [2.45, 2.75) is 20.3 Å². The van der Waals surface area contributed by atoms with Crippen molar-refractivity contribution >= 4 is 17.6 Å². The Morgan fingerprint density at radius 3 is 1.83 bits per heavy atom. The molecule has 1 aromatic heterocycles. The van der Waals surface area contributed by atoms with Crippen molar-refractivity contribution in [2.24, 2.45) is 0 Å². The maximum absolute atomic E-state index is 4.11. The first-order valence-electron chi connectivity index (χ1n) is 7.95. The predicted octanol–water partition coefficient (Wildman–Crippen LogP) is 3.38. The summed E-state index contributed by atoms with van der Waals surface area (Å²) in [5.74, 6) is 0. The lowest BCUT2D eigenvalue weighted by Crippen LogP contribution is -2.43. The fourth-order valence-electron chi connectivity index (χ4n) is 2.53. The average Bonchev–Trinajstić information content (AvgIpc) is 3.11. The van der Waals surface area contributed by atoms with Gasteiger partial charge in [0.15, 0.2) is 0 Å². The largest absolute Gasteiger partial charge is 0.349 e. The van der Waals surface area contributed by atoms with Gasteiger partial charge in [-0.15, -0.1) is 12.1 Å². The van der Waals surface area contributed by atoms with Crippen LogP contribution in [0.25, 0.3) is 0 Å². The van der Waals surface area contributed by atoms with Gasteiger partial charge >= 0.3 is 0 Å². The van der Waals surface area contributed by atoms with E-state index in [1.54, 1.807) is 6.33 Å². The summed E-state index contributed by atoms with van der Waals surface area (Å²) in [4.78, 5) is 6.81. The molecular formula is C20H23BN2. The molecule has 2 aromatic carbocycles. The van der Waals surface area contributed by atoms with Gasteiger partial charge in [-0.3, -0.25) is 0 Å². The lowest BCUT2D eigenvalue weighted by molar-refractivity contribution is 1.06. The van der Waals surface area contributed by atoms with E-state index in [0.717, 1.165) is 6.42 Å². The molecule has 116 valence electrons. The molecule has 23 heavy (non-hydrogen) atoms. The third-order valence-electron chi connectivity index (χ3n) is 3.69. The third-order valence-corrected chi connectivity index (χ3v) is 3.69. The van der Waals surface area contributed by atoms with Crippen LogP contribution in [0.2, 0.25) is 0 Å². The Hall–Kier alpha value is -2.55. The number of imidazole rings is 1. The standard InChI is InChI=1S/C15H15B.C5H8N2/c1-13(2)16(14-9-5-3-6-10-14)15-11-7-4-8-12-15;1-2-5-3-6-4-7-5/h3-12H,1H2,2H3;3-4H,2H2,1H3,(H,6,7). The van der Waals surface area contributed by atoms with Crippen molar-refractivity contribution in [2.75, 3.05) is 0 Å². The first kappa shape index (κ1) is 16.8. The molecule has 0 fully saturated rings. The zero-order valence-electron chi connectivity index (χ0n) is 13.9. The minimum absolute atomic E-state index is 0.308. The van der Waals surface area contributed by atoms with Crippen molar-refractivity contribution < 1.29 is 0 Å². The van der Waals surface area contributed by atoms with Crippen LogP contribution in [-0.2, 0) is 6.42 Å². The van der Waals surface area contributed by atoms with Gasteiger partial charge in [0.2, 0.25) is 6.71 Å². The molecule has 1 N–H and O–H groups in total. The van der Waals surface area contributed by atoms with Crippen LogP contribution in [0.15, 0.2) is 85.2 Å². The average molecular weight is 302 g/mol. The number of hydrogen-bond donors (Lipinski definition) is 1. The Bertz CT molecular complexity index is 652. The van der Waals surface area contributed by atoms with Crippen LogP contribution in [0.3, 0.4) is 0 Å². The number of allylic oxidation sites excluding steroid dienone is 1. The monoisotopic (exact) mass is 302 g/mol. The molecule has 3 rings (SSSR count).